The number of Topliss-reactive ketones (excluding diaryl/α,β-unsaturated/α-hetero) is 1. The van der Waals surface area contributed by atoms with Crippen molar-refractivity contribution in [2.75, 3.05) is 11.9 Å². The highest BCUT2D eigenvalue weighted by atomic mass is 16.1. The maximum Gasteiger partial charge on any atom is 0.172 e. The van der Waals surface area contributed by atoms with Crippen LogP contribution in [-0.2, 0) is 0 Å². The molecule has 0 radical (unpaired) electrons. The van der Waals surface area contributed by atoms with E-state index in [1.807, 2.05) is 37.3 Å². The molecule has 3 heteroatoms. The number of aryl methyl sites for hydroxylation is 1. The highest BCUT2D eigenvalue weighted by Gasteiger charge is 2.27. The minimum atomic E-state index is -0.0552. The molecule has 0 aliphatic carbocycles. The van der Waals surface area contributed by atoms with Gasteiger partial charge in [-0.2, -0.15) is 0 Å². The Kier molecular flexibility index (Phi) is 3.03. The van der Waals surface area contributed by atoms with Gasteiger partial charge >= 0.3 is 0 Å². The Labute approximate surface area is 112 Å². The Morgan fingerprint density at radius 2 is 2.16 bits per heavy atom. The number of aromatic nitrogens is 1. The number of ketones is 1. The van der Waals surface area contributed by atoms with Gasteiger partial charge in [0.25, 0.3) is 0 Å². The van der Waals surface area contributed by atoms with Crippen LogP contribution in [0.5, 0.6) is 0 Å². The number of pyridine rings is 1. The first-order valence-electron chi connectivity index (χ1n) is 6.55. The molecule has 1 aromatic heterocycles. The SMILES string of the molecule is Cc1ccncc1C(=O)C1CCNc2ccccc21. The van der Waals surface area contributed by atoms with E-state index in [0.717, 1.165) is 35.3 Å². The number of fused-ring (bicyclic) bond motifs is 1. The van der Waals surface area contributed by atoms with Gasteiger partial charge in [-0.1, -0.05) is 18.2 Å². The lowest BCUT2D eigenvalue weighted by molar-refractivity contribution is 0.0954. The van der Waals surface area contributed by atoms with Gasteiger partial charge in [-0.15, -0.1) is 0 Å². The van der Waals surface area contributed by atoms with Crippen LogP contribution in [0.1, 0.15) is 33.8 Å². The average Bonchev–Trinajstić information content (AvgIpc) is 2.46. The molecule has 1 aromatic carbocycles. The fourth-order valence-corrected chi connectivity index (χ4v) is 2.65. The lowest BCUT2D eigenvalue weighted by atomic mass is 9.84. The first-order chi connectivity index (χ1) is 9.27. The summed E-state index contributed by atoms with van der Waals surface area (Å²) in [5, 5.41) is 3.35. The smallest absolute Gasteiger partial charge is 0.172 e. The summed E-state index contributed by atoms with van der Waals surface area (Å²) in [5.74, 6) is 0.125. The van der Waals surface area contributed by atoms with E-state index in [2.05, 4.69) is 10.3 Å². The van der Waals surface area contributed by atoms with Gasteiger partial charge in [-0.3, -0.25) is 9.78 Å². The molecular formula is C16H16N2O. The third-order valence-electron chi connectivity index (χ3n) is 3.71. The van der Waals surface area contributed by atoms with Gasteiger partial charge in [-0.25, -0.2) is 0 Å². The van der Waals surface area contributed by atoms with E-state index in [-0.39, 0.29) is 11.7 Å². The van der Waals surface area contributed by atoms with Gasteiger partial charge in [0, 0.05) is 30.2 Å². The molecule has 1 aliphatic heterocycles. The number of anilines is 1. The van der Waals surface area contributed by atoms with Crippen molar-refractivity contribution in [3.05, 3.63) is 59.4 Å². The Morgan fingerprint density at radius 1 is 1.32 bits per heavy atom. The average molecular weight is 252 g/mol. The third-order valence-corrected chi connectivity index (χ3v) is 3.71. The number of para-hydroxylation sites is 1. The maximum absolute atomic E-state index is 12.7. The van der Waals surface area contributed by atoms with E-state index in [1.54, 1.807) is 12.4 Å². The minimum Gasteiger partial charge on any atom is -0.385 e. The molecule has 1 atom stereocenters. The number of hydrogen-bond donors (Lipinski definition) is 1. The van der Waals surface area contributed by atoms with Gasteiger partial charge in [0.2, 0.25) is 0 Å². The summed E-state index contributed by atoms with van der Waals surface area (Å²) in [7, 11) is 0. The van der Waals surface area contributed by atoms with E-state index < -0.39 is 0 Å². The summed E-state index contributed by atoms with van der Waals surface area (Å²) in [6, 6.07) is 9.94. The molecular weight excluding hydrogens is 236 g/mol. The number of carbonyl (C=O) groups excluding carboxylic acids is 1. The molecule has 3 nitrogen and oxygen atoms in total. The largest absolute Gasteiger partial charge is 0.385 e. The second-order valence-corrected chi connectivity index (χ2v) is 4.91. The topological polar surface area (TPSA) is 42.0 Å². The van der Waals surface area contributed by atoms with E-state index in [1.165, 1.54) is 0 Å². The van der Waals surface area contributed by atoms with Crippen LogP contribution >= 0.6 is 0 Å². The number of nitrogens with zero attached hydrogens (tertiary/aromatic N) is 1. The molecule has 0 fully saturated rings. The van der Waals surface area contributed by atoms with Crippen molar-refractivity contribution in [2.45, 2.75) is 19.3 Å². The molecule has 96 valence electrons. The van der Waals surface area contributed by atoms with Crippen LogP contribution in [0, 0.1) is 6.92 Å². The highest BCUT2D eigenvalue weighted by Crippen LogP contribution is 2.34. The number of hydrogen-bond acceptors (Lipinski definition) is 3. The summed E-state index contributed by atoms with van der Waals surface area (Å²) in [6.45, 7) is 2.80. The summed E-state index contributed by atoms with van der Waals surface area (Å²) < 4.78 is 0. The Morgan fingerprint density at radius 3 is 3.00 bits per heavy atom. The van der Waals surface area contributed by atoms with Crippen LogP contribution in [0.4, 0.5) is 5.69 Å². The molecule has 0 saturated heterocycles. The first-order valence-corrected chi connectivity index (χ1v) is 6.55. The molecule has 2 aromatic rings. The number of carbonyl (C=O) groups is 1. The first kappa shape index (κ1) is 11.9. The fraction of sp³-hybridized carbons (Fsp3) is 0.250. The van der Waals surface area contributed by atoms with Crippen molar-refractivity contribution >= 4 is 11.5 Å². The maximum atomic E-state index is 12.7. The summed E-state index contributed by atoms with van der Waals surface area (Å²) >= 11 is 0. The zero-order valence-electron chi connectivity index (χ0n) is 10.9. The lowest BCUT2D eigenvalue weighted by Crippen LogP contribution is -2.23. The van der Waals surface area contributed by atoms with Crippen LogP contribution in [0.2, 0.25) is 0 Å². The van der Waals surface area contributed by atoms with E-state index in [0.29, 0.717) is 0 Å². The van der Waals surface area contributed by atoms with Crippen LogP contribution < -0.4 is 5.32 Å². The Hall–Kier alpha value is -2.16. The lowest BCUT2D eigenvalue weighted by Gasteiger charge is -2.26. The second kappa shape index (κ2) is 4.84. The molecule has 3 rings (SSSR count). The normalized spacial score (nSPS) is 17.4. The van der Waals surface area contributed by atoms with Gasteiger partial charge in [0.1, 0.15) is 0 Å². The van der Waals surface area contributed by atoms with E-state index in [4.69, 9.17) is 0 Å². The molecule has 0 bridgehead atoms. The van der Waals surface area contributed by atoms with Crippen LogP contribution in [0.25, 0.3) is 0 Å². The van der Waals surface area contributed by atoms with Crippen LogP contribution in [0.15, 0.2) is 42.7 Å². The van der Waals surface area contributed by atoms with Crippen LogP contribution in [-0.4, -0.2) is 17.3 Å². The molecule has 0 amide bonds. The summed E-state index contributed by atoms with van der Waals surface area (Å²) in [6.07, 6.45) is 4.25. The van der Waals surface area contributed by atoms with Crippen molar-refractivity contribution in [2.24, 2.45) is 0 Å². The molecule has 1 aliphatic rings. The zero-order valence-corrected chi connectivity index (χ0v) is 10.9. The number of benzene rings is 1. The number of nitrogens with one attached hydrogen (secondary N) is 1. The fourth-order valence-electron chi connectivity index (χ4n) is 2.65. The van der Waals surface area contributed by atoms with E-state index >= 15 is 0 Å². The molecule has 0 saturated carbocycles. The molecule has 1 N–H and O–H groups in total. The van der Waals surface area contributed by atoms with Crippen molar-refractivity contribution in [1.82, 2.24) is 4.98 Å². The van der Waals surface area contributed by atoms with E-state index in [9.17, 15) is 4.79 Å². The number of rotatable bonds is 2. The van der Waals surface area contributed by atoms with Crippen LogP contribution in [0.3, 0.4) is 0 Å². The standard InChI is InChI=1S/C16H16N2O/c1-11-6-8-17-10-14(11)16(19)13-7-9-18-15-5-3-2-4-12(13)15/h2-6,8,10,13,18H,7,9H2,1H3. The Bertz CT molecular complexity index is 622. The van der Waals surface area contributed by atoms with Gasteiger partial charge < -0.3 is 5.32 Å². The molecule has 0 spiro atoms. The molecule has 2 heterocycles. The zero-order chi connectivity index (χ0) is 13.2. The second-order valence-electron chi connectivity index (χ2n) is 4.91. The van der Waals surface area contributed by atoms with Crippen molar-refractivity contribution in [1.29, 1.82) is 0 Å². The van der Waals surface area contributed by atoms with Crippen molar-refractivity contribution in [3.8, 4) is 0 Å². The van der Waals surface area contributed by atoms with Crippen molar-refractivity contribution in [3.63, 3.8) is 0 Å². The molecule has 19 heavy (non-hydrogen) atoms. The summed E-state index contributed by atoms with van der Waals surface area (Å²) in [5.41, 5.74) is 3.91. The predicted molar refractivity (Wildman–Crippen MR) is 75.6 cm³/mol. The van der Waals surface area contributed by atoms with Gasteiger partial charge in [-0.05, 0) is 36.6 Å². The quantitative estimate of drug-likeness (QED) is 0.835. The Balaban J connectivity index is 2.00. The minimum absolute atomic E-state index is 0.0552. The van der Waals surface area contributed by atoms with Gasteiger partial charge in [0.05, 0.1) is 5.92 Å². The predicted octanol–water partition coefficient (Wildman–Crippen LogP) is 3.17. The monoisotopic (exact) mass is 252 g/mol. The van der Waals surface area contributed by atoms with Gasteiger partial charge in [0.15, 0.2) is 5.78 Å². The highest BCUT2D eigenvalue weighted by molar-refractivity contribution is 6.02. The van der Waals surface area contributed by atoms with Crippen molar-refractivity contribution < 1.29 is 4.79 Å². The summed E-state index contributed by atoms with van der Waals surface area (Å²) in [4.78, 5) is 16.8. The third kappa shape index (κ3) is 2.12. The molecule has 1 unspecified atom stereocenters.